The number of amides is 1. The van der Waals surface area contributed by atoms with Crippen LogP contribution in [0.5, 0.6) is 0 Å². The maximum atomic E-state index is 11.9. The Morgan fingerprint density at radius 1 is 1.26 bits per heavy atom. The fourth-order valence-corrected chi connectivity index (χ4v) is 1.65. The molecule has 0 saturated carbocycles. The van der Waals surface area contributed by atoms with Crippen molar-refractivity contribution in [2.75, 3.05) is 38.1 Å². The molecule has 0 aromatic carbocycles. The third-order valence-corrected chi connectivity index (χ3v) is 2.80. The summed E-state index contributed by atoms with van der Waals surface area (Å²) in [5, 5.41) is 11.0. The van der Waals surface area contributed by atoms with Gasteiger partial charge in [0, 0.05) is 20.1 Å². The molecule has 0 bridgehead atoms. The van der Waals surface area contributed by atoms with Crippen LogP contribution in [0.2, 0.25) is 0 Å². The predicted octanol–water partition coefficient (Wildman–Crippen LogP) is 0.484. The Morgan fingerprint density at radius 2 is 1.95 bits per heavy atom. The van der Waals surface area contributed by atoms with Crippen LogP contribution in [0.3, 0.4) is 0 Å². The molecule has 1 aromatic heterocycles. The molecule has 108 valence electrons. The second-order valence-electron chi connectivity index (χ2n) is 4.18. The molecule has 0 aliphatic rings. The molecule has 1 aromatic rings. The van der Waals surface area contributed by atoms with E-state index in [9.17, 15) is 4.79 Å². The zero-order valence-corrected chi connectivity index (χ0v) is 12.1. The molecule has 1 heterocycles. The molecule has 1 N–H and O–H groups in total. The second-order valence-corrected chi connectivity index (χ2v) is 4.18. The summed E-state index contributed by atoms with van der Waals surface area (Å²) in [7, 11) is 1.77. The molecule has 0 atom stereocenters. The summed E-state index contributed by atoms with van der Waals surface area (Å²) in [5.74, 6) is 0.581. The summed E-state index contributed by atoms with van der Waals surface area (Å²) in [4.78, 5) is 15.4. The van der Waals surface area contributed by atoms with E-state index >= 15 is 0 Å². The summed E-state index contributed by atoms with van der Waals surface area (Å²) in [6.45, 7) is 8.97. The molecular weight excluding hydrogens is 246 g/mol. The molecule has 0 fully saturated rings. The maximum absolute atomic E-state index is 11.9. The lowest BCUT2D eigenvalue weighted by Crippen LogP contribution is -2.38. The molecule has 0 aliphatic carbocycles. The average molecular weight is 269 g/mol. The van der Waals surface area contributed by atoms with Crippen LogP contribution >= 0.6 is 0 Å². The van der Waals surface area contributed by atoms with Gasteiger partial charge in [-0.3, -0.25) is 4.79 Å². The van der Waals surface area contributed by atoms with Crippen LogP contribution in [0.25, 0.3) is 0 Å². The number of carbonyl (C=O) groups is 1. The highest BCUT2D eigenvalue weighted by Gasteiger charge is 2.16. The van der Waals surface area contributed by atoms with E-state index in [2.05, 4.69) is 15.5 Å². The summed E-state index contributed by atoms with van der Waals surface area (Å²) in [5.41, 5.74) is 0. The van der Waals surface area contributed by atoms with E-state index in [-0.39, 0.29) is 12.5 Å². The molecule has 1 rings (SSSR count). The Hall–Kier alpha value is -1.63. The minimum atomic E-state index is 0.0546. The summed E-state index contributed by atoms with van der Waals surface area (Å²) in [6.07, 6.45) is 0. The van der Waals surface area contributed by atoms with Gasteiger partial charge in [-0.1, -0.05) is 12.0 Å². The van der Waals surface area contributed by atoms with Gasteiger partial charge in [0.25, 0.3) is 0 Å². The highest BCUT2D eigenvalue weighted by atomic mass is 16.4. The van der Waals surface area contributed by atoms with Crippen LogP contribution < -0.4 is 10.2 Å². The average Bonchev–Trinajstić information content (AvgIpc) is 2.86. The van der Waals surface area contributed by atoms with Gasteiger partial charge in [0.15, 0.2) is 0 Å². The highest BCUT2D eigenvalue weighted by molar-refractivity contribution is 5.80. The zero-order chi connectivity index (χ0) is 14.3. The fourth-order valence-electron chi connectivity index (χ4n) is 1.65. The van der Waals surface area contributed by atoms with Gasteiger partial charge in [0.2, 0.25) is 11.8 Å². The first-order valence-electron chi connectivity index (χ1n) is 6.64. The minimum Gasteiger partial charge on any atom is -0.407 e. The van der Waals surface area contributed by atoms with Gasteiger partial charge < -0.3 is 19.5 Å². The van der Waals surface area contributed by atoms with Crippen LogP contribution in [0.4, 0.5) is 6.01 Å². The number of carbonyl (C=O) groups excluding carboxylic acids is 1. The van der Waals surface area contributed by atoms with E-state index in [1.807, 2.05) is 20.8 Å². The van der Waals surface area contributed by atoms with Crippen LogP contribution in [-0.4, -0.2) is 54.2 Å². The minimum absolute atomic E-state index is 0.0546. The standard InChI is InChI=1S/C12H23N5O2/c1-5-13-8-10-14-15-12(19-10)16(4)9-11(18)17(6-2)7-3/h13H,5-9H2,1-4H3. The monoisotopic (exact) mass is 269 g/mol. The third kappa shape index (κ3) is 4.51. The molecule has 0 aliphatic heterocycles. The number of rotatable bonds is 8. The van der Waals surface area contributed by atoms with Crippen molar-refractivity contribution >= 4 is 11.9 Å². The number of likely N-dealkylation sites (N-methyl/N-ethyl adjacent to an activating group) is 2. The molecule has 0 saturated heterocycles. The Morgan fingerprint density at radius 3 is 2.53 bits per heavy atom. The van der Waals surface area contributed by atoms with E-state index in [1.165, 1.54) is 0 Å². The number of nitrogens with one attached hydrogen (secondary N) is 1. The Balaban J connectivity index is 2.55. The Labute approximate surface area is 114 Å². The third-order valence-electron chi connectivity index (χ3n) is 2.80. The largest absolute Gasteiger partial charge is 0.407 e. The van der Waals surface area contributed by atoms with E-state index < -0.39 is 0 Å². The van der Waals surface area contributed by atoms with Crippen LogP contribution in [0, 0.1) is 0 Å². The van der Waals surface area contributed by atoms with Gasteiger partial charge in [-0.25, -0.2) is 0 Å². The smallest absolute Gasteiger partial charge is 0.318 e. The molecule has 0 unspecified atom stereocenters. The van der Waals surface area contributed by atoms with Crippen LogP contribution in [0.1, 0.15) is 26.7 Å². The van der Waals surface area contributed by atoms with Crippen molar-refractivity contribution in [3.63, 3.8) is 0 Å². The van der Waals surface area contributed by atoms with Gasteiger partial charge in [-0.2, -0.15) is 0 Å². The number of aromatic nitrogens is 2. The lowest BCUT2D eigenvalue weighted by atomic mass is 10.4. The van der Waals surface area contributed by atoms with Crippen molar-refractivity contribution in [3.05, 3.63) is 5.89 Å². The number of nitrogens with zero attached hydrogens (tertiary/aromatic N) is 4. The van der Waals surface area contributed by atoms with Crippen LogP contribution in [-0.2, 0) is 11.3 Å². The summed E-state index contributed by atoms with van der Waals surface area (Å²) >= 11 is 0. The van der Waals surface area contributed by atoms with Crippen molar-refractivity contribution in [2.45, 2.75) is 27.3 Å². The van der Waals surface area contributed by atoms with Crippen molar-refractivity contribution in [2.24, 2.45) is 0 Å². The fraction of sp³-hybridized carbons (Fsp3) is 0.750. The first-order chi connectivity index (χ1) is 9.12. The number of hydrogen-bond acceptors (Lipinski definition) is 6. The summed E-state index contributed by atoms with van der Waals surface area (Å²) in [6, 6.07) is 0.369. The van der Waals surface area contributed by atoms with Gasteiger partial charge in [0.05, 0.1) is 6.54 Å². The Kier molecular flexibility index (Phi) is 6.27. The predicted molar refractivity (Wildman–Crippen MR) is 72.9 cm³/mol. The van der Waals surface area contributed by atoms with E-state index in [0.717, 1.165) is 6.54 Å². The van der Waals surface area contributed by atoms with Crippen LogP contribution in [0.15, 0.2) is 4.42 Å². The molecule has 7 nitrogen and oxygen atoms in total. The van der Waals surface area contributed by atoms with Crippen molar-refractivity contribution in [1.29, 1.82) is 0 Å². The van der Waals surface area contributed by atoms with Gasteiger partial charge in [-0.15, -0.1) is 5.10 Å². The van der Waals surface area contributed by atoms with Crippen molar-refractivity contribution in [1.82, 2.24) is 20.4 Å². The van der Waals surface area contributed by atoms with Crippen molar-refractivity contribution < 1.29 is 9.21 Å². The topological polar surface area (TPSA) is 74.5 Å². The molecule has 19 heavy (non-hydrogen) atoms. The number of anilines is 1. The lowest BCUT2D eigenvalue weighted by molar-refractivity contribution is -0.129. The molecule has 0 radical (unpaired) electrons. The molecular formula is C12H23N5O2. The quantitative estimate of drug-likeness (QED) is 0.740. The van der Waals surface area contributed by atoms with E-state index in [0.29, 0.717) is 31.5 Å². The van der Waals surface area contributed by atoms with Crippen molar-refractivity contribution in [3.8, 4) is 0 Å². The first-order valence-corrected chi connectivity index (χ1v) is 6.64. The molecule has 1 amide bonds. The Bertz CT molecular complexity index is 389. The van der Waals surface area contributed by atoms with Gasteiger partial charge in [-0.05, 0) is 20.4 Å². The summed E-state index contributed by atoms with van der Waals surface area (Å²) < 4.78 is 5.47. The lowest BCUT2D eigenvalue weighted by Gasteiger charge is -2.21. The van der Waals surface area contributed by atoms with Gasteiger partial charge in [0.1, 0.15) is 6.54 Å². The number of hydrogen-bond donors (Lipinski definition) is 1. The maximum Gasteiger partial charge on any atom is 0.318 e. The van der Waals surface area contributed by atoms with Gasteiger partial charge >= 0.3 is 6.01 Å². The van der Waals surface area contributed by atoms with E-state index in [4.69, 9.17) is 4.42 Å². The normalized spacial score (nSPS) is 10.5. The molecule has 7 heteroatoms. The SMILES string of the molecule is CCNCc1nnc(N(C)CC(=O)N(CC)CC)o1. The highest BCUT2D eigenvalue weighted by Crippen LogP contribution is 2.10. The first kappa shape index (κ1) is 15.4. The van der Waals surface area contributed by atoms with E-state index in [1.54, 1.807) is 16.8 Å². The zero-order valence-electron chi connectivity index (χ0n) is 12.1. The molecule has 0 spiro atoms. The second kappa shape index (κ2) is 7.73.